The molecule has 1 aliphatic heterocycles. The molecule has 0 fully saturated rings. The molecule has 1 aromatic rings. The van der Waals surface area contributed by atoms with Crippen molar-refractivity contribution < 1.29 is 0 Å². The molecule has 0 aliphatic carbocycles. The van der Waals surface area contributed by atoms with E-state index in [1.54, 1.807) is 0 Å². The standard InChI is InChI=1S/C13H17N/c1-3-5-11-7-8-13-12(10-11)6-4-9-14(13)2/h3,7-8,10H,1,4-6,9H2,2H3. The van der Waals surface area contributed by atoms with Crippen molar-refractivity contribution in [2.24, 2.45) is 0 Å². The smallest absolute Gasteiger partial charge is 0.0396 e. The molecule has 0 unspecified atom stereocenters. The van der Waals surface area contributed by atoms with Gasteiger partial charge in [0.25, 0.3) is 0 Å². The van der Waals surface area contributed by atoms with Gasteiger partial charge < -0.3 is 4.90 Å². The number of aryl methyl sites for hydroxylation is 1. The molecule has 0 amide bonds. The number of anilines is 1. The van der Waals surface area contributed by atoms with E-state index in [1.165, 1.54) is 36.2 Å². The largest absolute Gasteiger partial charge is 0.374 e. The van der Waals surface area contributed by atoms with E-state index in [2.05, 4.69) is 36.7 Å². The molecule has 14 heavy (non-hydrogen) atoms. The molecule has 0 saturated heterocycles. The van der Waals surface area contributed by atoms with Gasteiger partial charge in [0.1, 0.15) is 0 Å². The Balaban J connectivity index is 2.33. The number of fused-ring (bicyclic) bond motifs is 1. The van der Waals surface area contributed by atoms with Gasteiger partial charge in [0.05, 0.1) is 0 Å². The first kappa shape index (κ1) is 9.32. The number of hydrogen-bond donors (Lipinski definition) is 0. The van der Waals surface area contributed by atoms with E-state index < -0.39 is 0 Å². The molecular weight excluding hydrogens is 170 g/mol. The molecule has 1 aromatic carbocycles. The van der Waals surface area contributed by atoms with Crippen LogP contribution >= 0.6 is 0 Å². The molecule has 0 radical (unpaired) electrons. The normalized spacial score (nSPS) is 15.1. The molecule has 0 saturated carbocycles. The second kappa shape index (κ2) is 3.87. The van der Waals surface area contributed by atoms with Crippen LogP contribution in [-0.2, 0) is 12.8 Å². The van der Waals surface area contributed by atoms with Crippen molar-refractivity contribution in [3.63, 3.8) is 0 Å². The lowest BCUT2D eigenvalue weighted by atomic mass is 9.98. The zero-order valence-corrected chi connectivity index (χ0v) is 8.79. The van der Waals surface area contributed by atoms with Crippen LogP contribution in [0.4, 0.5) is 5.69 Å². The SMILES string of the molecule is C=CCc1ccc2c(c1)CCCN2C. The van der Waals surface area contributed by atoms with Crippen molar-refractivity contribution in [2.45, 2.75) is 19.3 Å². The first-order valence-corrected chi connectivity index (χ1v) is 5.25. The van der Waals surface area contributed by atoms with Crippen molar-refractivity contribution >= 4 is 5.69 Å². The Labute approximate surface area is 86.1 Å². The summed E-state index contributed by atoms with van der Waals surface area (Å²) >= 11 is 0. The van der Waals surface area contributed by atoms with Crippen LogP contribution in [0, 0.1) is 0 Å². The minimum absolute atomic E-state index is 0.983. The number of rotatable bonds is 2. The van der Waals surface area contributed by atoms with Crippen molar-refractivity contribution in [3.8, 4) is 0 Å². The fourth-order valence-corrected chi connectivity index (χ4v) is 2.13. The summed E-state index contributed by atoms with van der Waals surface area (Å²) in [5.41, 5.74) is 4.29. The van der Waals surface area contributed by atoms with Gasteiger partial charge in [0.2, 0.25) is 0 Å². The van der Waals surface area contributed by atoms with Crippen molar-refractivity contribution in [1.29, 1.82) is 0 Å². The molecule has 1 heterocycles. The zero-order valence-electron chi connectivity index (χ0n) is 8.79. The summed E-state index contributed by atoms with van der Waals surface area (Å²) in [7, 11) is 2.17. The topological polar surface area (TPSA) is 3.24 Å². The Morgan fingerprint density at radius 3 is 3.14 bits per heavy atom. The maximum absolute atomic E-state index is 3.77. The van der Waals surface area contributed by atoms with E-state index in [-0.39, 0.29) is 0 Å². The highest BCUT2D eigenvalue weighted by atomic mass is 15.1. The van der Waals surface area contributed by atoms with Crippen molar-refractivity contribution in [2.75, 3.05) is 18.5 Å². The molecule has 74 valence electrons. The third-order valence-corrected chi connectivity index (χ3v) is 2.87. The van der Waals surface area contributed by atoms with Crippen LogP contribution in [0.3, 0.4) is 0 Å². The van der Waals surface area contributed by atoms with Gasteiger partial charge in [-0.05, 0) is 36.5 Å². The number of allylic oxidation sites excluding steroid dienone is 1. The average molecular weight is 187 g/mol. The summed E-state index contributed by atoms with van der Waals surface area (Å²) in [6.07, 6.45) is 5.46. The molecule has 0 aromatic heterocycles. The van der Waals surface area contributed by atoms with Gasteiger partial charge in [-0.3, -0.25) is 0 Å². The van der Waals surface area contributed by atoms with Crippen molar-refractivity contribution in [3.05, 3.63) is 42.0 Å². The predicted octanol–water partition coefficient (Wildman–Crippen LogP) is 2.80. The van der Waals surface area contributed by atoms with E-state index in [0.29, 0.717) is 0 Å². The van der Waals surface area contributed by atoms with Crippen LogP contribution in [0.1, 0.15) is 17.5 Å². The quantitative estimate of drug-likeness (QED) is 0.643. The third kappa shape index (κ3) is 1.67. The highest BCUT2D eigenvalue weighted by Crippen LogP contribution is 2.26. The van der Waals surface area contributed by atoms with Crippen LogP contribution in [-0.4, -0.2) is 13.6 Å². The first-order chi connectivity index (χ1) is 6.81. The van der Waals surface area contributed by atoms with E-state index in [0.717, 1.165) is 6.42 Å². The zero-order chi connectivity index (χ0) is 9.97. The molecule has 0 N–H and O–H groups in total. The Morgan fingerprint density at radius 2 is 2.36 bits per heavy atom. The fraction of sp³-hybridized carbons (Fsp3) is 0.385. The number of nitrogens with zero attached hydrogens (tertiary/aromatic N) is 1. The van der Waals surface area contributed by atoms with Gasteiger partial charge in [0.15, 0.2) is 0 Å². The van der Waals surface area contributed by atoms with Crippen LogP contribution in [0.25, 0.3) is 0 Å². The predicted molar refractivity (Wildman–Crippen MR) is 61.9 cm³/mol. The Bertz CT molecular complexity index is 341. The van der Waals surface area contributed by atoms with Gasteiger partial charge in [-0.1, -0.05) is 18.2 Å². The molecule has 0 atom stereocenters. The number of hydrogen-bond acceptors (Lipinski definition) is 1. The molecule has 1 nitrogen and oxygen atoms in total. The van der Waals surface area contributed by atoms with Gasteiger partial charge >= 0.3 is 0 Å². The summed E-state index contributed by atoms with van der Waals surface area (Å²) in [6.45, 7) is 4.96. The Kier molecular flexibility index (Phi) is 2.58. The Hall–Kier alpha value is -1.24. The van der Waals surface area contributed by atoms with Gasteiger partial charge in [-0.15, -0.1) is 6.58 Å². The lowest BCUT2D eigenvalue weighted by Gasteiger charge is -2.27. The minimum atomic E-state index is 0.983. The summed E-state index contributed by atoms with van der Waals surface area (Å²) in [6, 6.07) is 6.78. The van der Waals surface area contributed by atoms with E-state index in [1.807, 2.05) is 6.08 Å². The van der Waals surface area contributed by atoms with Gasteiger partial charge in [0, 0.05) is 19.3 Å². The monoisotopic (exact) mass is 187 g/mol. The van der Waals surface area contributed by atoms with Crippen molar-refractivity contribution in [1.82, 2.24) is 0 Å². The lowest BCUT2D eigenvalue weighted by molar-refractivity contribution is 0.743. The summed E-state index contributed by atoms with van der Waals surface area (Å²) in [5.74, 6) is 0. The van der Waals surface area contributed by atoms with E-state index in [4.69, 9.17) is 0 Å². The van der Waals surface area contributed by atoms with E-state index in [9.17, 15) is 0 Å². The van der Waals surface area contributed by atoms with Crippen LogP contribution in [0.5, 0.6) is 0 Å². The summed E-state index contributed by atoms with van der Waals surface area (Å²) in [4.78, 5) is 2.34. The van der Waals surface area contributed by atoms with Crippen LogP contribution in [0.2, 0.25) is 0 Å². The maximum atomic E-state index is 3.77. The highest BCUT2D eigenvalue weighted by Gasteiger charge is 2.12. The first-order valence-electron chi connectivity index (χ1n) is 5.25. The Morgan fingerprint density at radius 1 is 1.50 bits per heavy atom. The second-order valence-electron chi connectivity index (χ2n) is 3.98. The van der Waals surface area contributed by atoms with Crippen LogP contribution < -0.4 is 4.90 Å². The summed E-state index contributed by atoms with van der Waals surface area (Å²) < 4.78 is 0. The second-order valence-corrected chi connectivity index (χ2v) is 3.98. The molecule has 0 spiro atoms. The highest BCUT2D eigenvalue weighted by molar-refractivity contribution is 5.56. The number of benzene rings is 1. The van der Waals surface area contributed by atoms with Crippen LogP contribution in [0.15, 0.2) is 30.9 Å². The van der Waals surface area contributed by atoms with Gasteiger partial charge in [-0.25, -0.2) is 0 Å². The molecule has 1 aliphatic rings. The third-order valence-electron chi connectivity index (χ3n) is 2.87. The maximum Gasteiger partial charge on any atom is 0.0396 e. The van der Waals surface area contributed by atoms with Gasteiger partial charge in [-0.2, -0.15) is 0 Å². The fourth-order valence-electron chi connectivity index (χ4n) is 2.13. The van der Waals surface area contributed by atoms with E-state index >= 15 is 0 Å². The average Bonchev–Trinajstić information content (AvgIpc) is 2.18. The minimum Gasteiger partial charge on any atom is -0.374 e. The lowest BCUT2D eigenvalue weighted by Crippen LogP contribution is -2.24. The molecule has 1 heteroatoms. The molecule has 0 bridgehead atoms. The molecule has 2 rings (SSSR count). The molecular formula is C13H17N. The summed E-state index contributed by atoms with van der Waals surface area (Å²) in [5, 5.41) is 0.